The Balaban J connectivity index is 3.27. The molecule has 5 heteroatoms. The number of hydrogen-bond donors (Lipinski definition) is 2. The lowest BCUT2D eigenvalue weighted by Gasteiger charge is -2.20. The largest absolute Gasteiger partial charge is 0.384 e. The monoisotopic (exact) mass is 196 g/mol. The van der Waals surface area contributed by atoms with Gasteiger partial charge in [-0.2, -0.15) is 0 Å². The van der Waals surface area contributed by atoms with E-state index < -0.39 is 10.5 Å². The Bertz CT molecular complexity index is 350. The van der Waals surface area contributed by atoms with Crippen molar-refractivity contribution in [2.45, 2.75) is 12.5 Å². The van der Waals surface area contributed by atoms with E-state index in [2.05, 4.69) is 0 Å². The molecular weight excluding hydrogens is 184 g/mol. The van der Waals surface area contributed by atoms with Crippen LogP contribution in [0.3, 0.4) is 0 Å². The summed E-state index contributed by atoms with van der Waals surface area (Å²) in [6.45, 7) is 1.40. The highest BCUT2D eigenvalue weighted by Crippen LogP contribution is 2.28. The lowest BCUT2D eigenvalue weighted by Crippen LogP contribution is -2.31. The summed E-state index contributed by atoms with van der Waals surface area (Å²) in [5.41, 5.74) is 4.11. The number of nitrogens with two attached hydrogens (primary N) is 1. The summed E-state index contributed by atoms with van der Waals surface area (Å²) in [6.07, 6.45) is 0. The first kappa shape index (κ1) is 10.6. The summed E-state index contributed by atoms with van der Waals surface area (Å²) < 4.78 is 0. The quantitative estimate of drug-likeness (QED) is 0.551. The Hall–Kier alpha value is -1.46. The van der Waals surface area contributed by atoms with Crippen molar-refractivity contribution >= 4 is 5.69 Å². The van der Waals surface area contributed by atoms with Crippen molar-refractivity contribution in [1.29, 1.82) is 0 Å². The summed E-state index contributed by atoms with van der Waals surface area (Å²) >= 11 is 0. The molecular formula is C9H12N2O3. The van der Waals surface area contributed by atoms with E-state index >= 15 is 0 Å². The van der Waals surface area contributed by atoms with E-state index in [1.165, 1.54) is 19.1 Å². The van der Waals surface area contributed by atoms with E-state index in [-0.39, 0.29) is 17.8 Å². The zero-order valence-corrected chi connectivity index (χ0v) is 7.80. The maximum atomic E-state index is 10.6. The molecule has 1 rings (SSSR count). The van der Waals surface area contributed by atoms with E-state index in [1.54, 1.807) is 12.1 Å². The van der Waals surface area contributed by atoms with Crippen molar-refractivity contribution in [3.05, 3.63) is 39.9 Å². The van der Waals surface area contributed by atoms with Crippen LogP contribution >= 0.6 is 0 Å². The molecule has 76 valence electrons. The van der Waals surface area contributed by atoms with Crippen LogP contribution in [0, 0.1) is 10.1 Å². The van der Waals surface area contributed by atoms with Gasteiger partial charge in [-0.05, 0) is 13.0 Å². The highest BCUT2D eigenvalue weighted by Gasteiger charge is 2.28. The molecule has 0 aliphatic heterocycles. The van der Waals surface area contributed by atoms with Crippen molar-refractivity contribution in [3.8, 4) is 0 Å². The van der Waals surface area contributed by atoms with Crippen LogP contribution in [0.15, 0.2) is 24.3 Å². The first-order valence-electron chi connectivity index (χ1n) is 4.15. The number of hydrogen-bond acceptors (Lipinski definition) is 4. The minimum Gasteiger partial charge on any atom is -0.384 e. The molecule has 1 atom stereocenters. The van der Waals surface area contributed by atoms with Crippen LogP contribution in [0.4, 0.5) is 5.69 Å². The van der Waals surface area contributed by atoms with Crippen LogP contribution in [0.2, 0.25) is 0 Å². The summed E-state index contributed by atoms with van der Waals surface area (Å²) in [4.78, 5) is 10.1. The Kier molecular flexibility index (Phi) is 2.83. The molecule has 1 aromatic carbocycles. The van der Waals surface area contributed by atoms with E-state index in [4.69, 9.17) is 5.73 Å². The van der Waals surface area contributed by atoms with Gasteiger partial charge in [0, 0.05) is 12.6 Å². The topological polar surface area (TPSA) is 89.4 Å². The predicted octanol–water partition coefficient (Wildman–Crippen LogP) is 0.761. The average molecular weight is 196 g/mol. The fourth-order valence-corrected chi connectivity index (χ4v) is 1.20. The minimum absolute atomic E-state index is 0.0577. The standard InChI is InChI=1S/C9H12N2O3/c1-9(12,6-10)7-4-2-3-5-8(7)11(13)14/h2-5,12H,6,10H2,1H3. The SMILES string of the molecule is CC(O)(CN)c1ccccc1[N+](=O)[O-]. The molecule has 0 aliphatic rings. The molecule has 1 unspecified atom stereocenters. The van der Waals surface area contributed by atoms with E-state index in [9.17, 15) is 15.2 Å². The van der Waals surface area contributed by atoms with Crippen LogP contribution in [0.1, 0.15) is 12.5 Å². The molecule has 0 bridgehead atoms. The fraction of sp³-hybridized carbons (Fsp3) is 0.333. The average Bonchev–Trinajstić information content (AvgIpc) is 2.18. The molecule has 0 aliphatic carbocycles. The van der Waals surface area contributed by atoms with Crippen LogP contribution in [-0.4, -0.2) is 16.6 Å². The van der Waals surface area contributed by atoms with Gasteiger partial charge in [0.2, 0.25) is 0 Å². The molecule has 3 N–H and O–H groups in total. The second-order valence-electron chi connectivity index (χ2n) is 3.25. The molecule has 0 heterocycles. The Morgan fingerprint density at radius 1 is 1.57 bits per heavy atom. The molecule has 0 saturated heterocycles. The molecule has 5 nitrogen and oxygen atoms in total. The first-order chi connectivity index (χ1) is 6.49. The number of aliphatic hydroxyl groups is 1. The Morgan fingerprint density at radius 2 is 2.14 bits per heavy atom. The van der Waals surface area contributed by atoms with E-state index in [0.717, 1.165) is 0 Å². The van der Waals surface area contributed by atoms with Crippen molar-refractivity contribution in [3.63, 3.8) is 0 Å². The summed E-state index contributed by atoms with van der Waals surface area (Å²) in [7, 11) is 0. The Morgan fingerprint density at radius 3 is 2.64 bits per heavy atom. The van der Waals surface area contributed by atoms with Crippen LogP contribution in [-0.2, 0) is 5.60 Å². The smallest absolute Gasteiger partial charge is 0.275 e. The molecule has 0 amide bonds. The normalized spacial score (nSPS) is 14.8. The molecule has 0 saturated carbocycles. The Labute approximate surface area is 81.3 Å². The predicted molar refractivity (Wildman–Crippen MR) is 51.7 cm³/mol. The van der Waals surface area contributed by atoms with E-state index in [1.807, 2.05) is 0 Å². The van der Waals surface area contributed by atoms with E-state index in [0.29, 0.717) is 0 Å². The van der Waals surface area contributed by atoms with Crippen molar-refractivity contribution < 1.29 is 10.0 Å². The van der Waals surface area contributed by atoms with Crippen LogP contribution in [0.25, 0.3) is 0 Å². The first-order valence-corrected chi connectivity index (χ1v) is 4.15. The second-order valence-corrected chi connectivity index (χ2v) is 3.25. The third-order valence-corrected chi connectivity index (χ3v) is 2.08. The van der Waals surface area contributed by atoms with Crippen LogP contribution in [0.5, 0.6) is 0 Å². The molecule has 0 radical (unpaired) electrons. The van der Waals surface area contributed by atoms with Gasteiger partial charge in [-0.3, -0.25) is 10.1 Å². The summed E-state index contributed by atoms with van der Waals surface area (Å²) in [6, 6.07) is 6.03. The molecule has 0 fully saturated rings. The van der Waals surface area contributed by atoms with Gasteiger partial charge in [0.05, 0.1) is 10.5 Å². The third kappa shape index (κ3) is 1.89. The highest BCUT2D eigenvalue weighted by molar-refractivity contribution is 5.43. The van der Waals surface area contributed by atoms with Gasteiger partial charge in [-0.15, -0.1) is 0 Å². The second kappa shape index (κ2) is 3.73. The summed E-state index contributed by atoms with van der Waals surface area (Å²) in [5, 5.41) is 20.4. The van der Waals surface area contributed by atoms with Gasteiger partial charge < -0.3 is 10.8 Å². The maximum absolute atomic E-state index is 10.6. The van der Waals surface area contributed by atoms with Gasteiger partial charge in [0.25, 0.3) is 5.69 Å². The third-order valence-electron chi connectivity index (χ3n) is 2.08. The maximum Gasteiger partial charge on any atom is 0.275 e. The minimum atomic E-state index is -1.36. The molecule has 1 aromatic rings. The van der Waals surface area contributed by atoms with Gasteiger partial charge in [0.1, 0.15) is 5.60 Å². The van der Waals surface area contributed by atoms with Crippen molar-refractivity contribution in [2.24, 2.45) is 5.73 Å². The number of rotatable bonds is 3. The lowest BCUT2D eigenvalue weighted by molar-refractivity contribution is -0.386. The van der Waals surface area contributed by atoms with Crippen molar-refractivity contribution in [2.75, 3.05) is 6.54 Å². The van der Waals surface area contributed by atoms with Crippen LogP contribution < -0.4 is 5.73 Å². The number of nitro benzene ring substituents is 1. The lowest BCUT2D eigenvalue weighted by atomic mass is 9.95. The zero-order valence-electron chi connectivity index (χ0n) is 7.80. The van der Waals surface area contributed by atoms with Crippen molar-refractivity contribution in [1.82, 2.24) is 0 Å². The summed E-state index contributed by atoms with van der Waals surface area (Å²) in [5.74, 6) is 0. The van der Waals surface area contributed by atoms with Gasteiger partial charge in [-0.25, -0.2) is 0 Å². The number of nitro groups is 1. The molecule has 0 aromatic heterocycles. The number of benzene rings is 1. The van der Waals surface area contributed by atoms with Gasteiger partial charge in [-0.1, -0.05) is 12.1 Å². The number of para-hydroxylation sites is 1. The number of nitrogens with zero attached hydrogens (tertiary/aromatic N) is 1. The zero-order chi connectivity index (χ0) is 10.8. The van der Waals surface area contributed by atoms with Gasteiger partial charge >= 0.3 is 0 Å². The van der Waals surface area contributed by atoms with Gasteiger partial charge in [0.15, 0.2) is 0 Å². The molecule has 0 spiro atoms. The highest BCUT2D eigenvalue weighted by atomic mass is 16.6. The molecule has 14 heavy (non-hydrogen) atoms. The fourth-order valence-electron chi connectivity index (χ4n) is 1.20.